The number of benzene rings is 9. The number of nitrogens with zero attached hydrogens (tertiary/aromatic N) is 2. The van der Waals surface area contributed by atoms with Crippen LogP contribution in [0.1, 0.15) is 85.4 Å². The molecule has 0 radical (unpaired) electrons. The largest absolute Gasteiger partial charge is 0.314 e. The average Bonchev–Trinajstić information content (AvgIpc) is 3.36. The smallest absolute Gasteiger partial charge is 0.0543 e. The van der Waals surface area contributed by atoms with E-state index in [0.29, 0.717) is 0 Å². The van der Waals surface area contributed by atoms with E-state index >= 15 is 0 Å². The van der Waals surface area contributed by atoms with Gasteiger partial charge in [-0.25, -0.2) is 0 Å². The van der Waals surface area contributed by atoms with Gasteiger partial charge in [0.05, 0.1) is 17.1 Å². The molecule has 0 amide bonds. The summed E-state index contributed by atoms with van der Waals surface area (Å²) < 4.78 is 0. The maximum atomic E-state index is 2.60. The van der Waals surface area contributed by atoms with Gasteiger partial charge in [-0.2, -0.15) is 0 Å². The maximum absolute atomic E-state index is 2.60. The number of allylic oxidation sites excluding steroid dienone is 4. The van der Waals surface area contributed by atoms with E-state index in [4.69, 9.17) is 0 Å². The van der Waals surface area contributed by atoms with Crippen molar-refractivity contribution in [3.05, 3.63) is 257 Å². The van der Waals surface area contributed by atoms with Gasteiger partial charge >= 0.3 is 0 Å². The minimum absolute atomic E-state index is 0.136. The first-order valence-corrected chi connectivity index (χ1v) is 23.7. The fourth-order valence-electron chi connectivity index (χ4n) is 11.4. The monoisotopic (exact) mass is 850 g/mol. The Morgan fingerprint density at radius 3 is 1.82 bits per heavy atom. The predicted octanol–water partition coefficient (Wildman–Crippen LogP) is 17.2. The van der Waals surface area contributed by atoms with Crippen molar-refractivity contribution < 1.29 is 0 Å². The lowest BCUT2D eigenvalue weighted by Gasteiger charge is -2.50. The summed E-state index contributed by atoms with van der Waals surface area (Å²) in [6.07, 6.45) is 9.68. The topological polar surface area (TPSA) is 6.48 Å². The third-order valence-electron chi connectivity index (χ3n) is 15.0. The number of rotatable bonds is 8. The second kappa shape index (κ2) is 15.6. The quantitative estimate of drug-likeness (QED) is 0.150. The SMILES string of the molecule is CC1(C)c2ccccc2N2c3ccc(-c4ccc(N(C5=CC=CCC5)c5ccccc5)cc4)cc3C(C)(C)c3cc(C(Cc4ccc5ccccc5c4)c4ccc5ccccc5c4)cc1c32. The van der Waals surface area contributed by atoms with Crippen molar-refractivity contribution in [3.8, 4) is 11.1 Å². The third kappa shape index (κ3) is 6.61. The van der Waals surface area contributed by atoms with Gasteiger partial charge in [0.1, 0.15) is 0 Å². The van der Waals surface area contributed by atoms with Crippen LogP contribution >= 0.6 is 0 Å². The Hall–Kier alpha value is -7.42. The molecular weight excluding hydrogens is 797 g/mol. The van der Waals surface area contributed by atoms with E-state index in [1.54, 1.807) is 0 Å². The van der Waals surface area contributed by atoms with E-state index in [-0.39, 0.29) is 16.7 Å². The first kappa shape index (κ1) is 40.1. The molecule has 2 heterocycles. The highest BCUT2D eigenvalue weighted by Crippen LogP contribution is 2.61. The maximum Gasteiger partial charge on any atom is 0.0543 e. The molecule has 0 N–H and O–H groups in total. The van der Waals surface area contributed by atoms with Crippen LogP contribution in [-0.2, 0) is 17.3 Å². The molecular formula is C64H54N2. The fourth-order valence-corrected chi connectivity index (χ4v) is 11.4. The van der Waals surface area contributed by atoms with E-state index in [2.05, 4.69) is 250 Å². The Bertz CT molecular complexity index is 3400. The van der Waals surface area contributed by atoms with E-state index < -0.39 is 0 Å². The molecule has 0 fully saturated rings. The van der Waals surface area contributed by atoms with E-state index in [1.165, 1.54) is 106 Å². The van der Waals surface area contributed by atoms with Gasteiger partial charge in [-0.1, -0.05) is 192 Å². The highest BCUT2D eigenvalue weighted by molar-refractivity contribution is 5.94. The Balaban J connectivity index is 1.01. The molecule has 1 unspecified atom stereocenters. The van der Waals surface area contributed by atoms with Crippen molar-refractivity contribution in [2.75, 3.05) is 9.80 Å². The highest BCUT2D eigenvalue weighted by atomic mass is 15.2. The molecule has 320 valence electrons. The summed E-state index contributed by atoms with van der Waals surface area (Å²) in [4.78, 5) is 5.01. The lowest BCUT2D eigenvalue weighted by atomic mass is 9.65. The Morgan fingerprint density at radius 1 is 0.485 bits per heavy atom. The van der Waals surface area contributed by atoms with Gasteiger partial charge in [-0.15, -0.1) is 0 Å². The number of fused-ring (bicyclic) bond motifs is 6. The minimum atomic E-state index is -0.299. The van der Waals surface area contributed by atoms with Crippen LogP contribution in [-0.4, -0.2) is 0 Å². The lowest BCUT2D eigenvalue weighted by Crippen LogP contribution is -2.38. The molecule has 12 rings (SSSR count). The predicted molar refractivity (Wildman–Crippen MR) is 279 cm³/mol. The zero-order valence-electron chi connectivity index (χ0n) is 38.3. The summed E-state index contributed by atoms with van der Waals surface area (Å²) in [5.74, 6) is 0.136. The lowest BCUT2D eigenvalue weighted by molar-refractivity contribution is 0.593. The average molecular weight is 851 g/mol. The van der Waals surface area contributed by atoms with Crippen molar-refractivity contribution in [2.45, 2.75) is 63.7 Å². The molecule has 0 aromatic heterocycles. The summed E-state index contributed by atoms with van der Waals surface area (Å²) in [6.45, 7) is 9.79. The summed E-state index contributed by atoms with van der Waals surface area (Å²) in [6, 6.07) is 73.2. The molecule has 9 aromatic rings. The second-order valence-corrected chi connectivity index (χ2v) is 19.7. The van der Waals surface area contributed by atoms with Gasteiger partial charge in [0.15, 0.2) is 0 Å². The molecule has 3 aliphatic rings. The van der Waals surface area contributed by atoms with Gasteiger partial charge in [0.2, 0.25) is 0 Å². The van der Waals surface area contributed by atoms with Crippen LogP contribution in [0.15, 0.2) is 218 Å². The van der Waals surface area contributed by atoms with Crippen molar-refractivity contribution in [3.63, 3.8) is 0 Å². The third-order valence-corrected chi connectivity index (χ3v) is 15.0. The van der Waals surface area contributed by atoms with Crippen LogP contribution in [0.5, 0.6) is 0 Å². The summed E-state index contributed by atoms with van der Waals surface area (Å²) >= 11 is 0. The second-order valence-electron chi connectivity index (χ2n) is 19.7. The number of anilines is 5. The van der Waals surface area contributed by atoms with Crippen LogP contribution in [0.2, 0.25) is 0 Å². The minimum Gasteiger partial charge on any atom is -0.314 e. The van der Waals surface area contributed by atoms with Gasteiger partial charge in [0.25, 0.3) is 0 Å². The van der Waals surface area contributed by atoms with E-state index in [0.717, 1.165) is 19.3 Å². The molecule has 0 saturated heterocycles. The highest BCUT2D eigenvalue weighted by Gasteiger charge is 2.46. The Labute approximate surface area is 389 Å². The van der Waals surface area contributed by atoms with Crippen molar-refractivity contribution in [1.29, 1.82) is 0 Å². The van der Waals surface area contributed by atoms with Crippen LogP contribution in [0.4, 0.5) is 28.4 Å². The number of hydrogen-bond acceptors (Lipinski definition) is 2. The molecule has 0 saturated carbocycles. The zero-order valence-corrected chi connectivity index (χ0v) is 38.3. The molecule has 2 heteroatoms. The molecule has 66 heavy (non-hydrogen) atoms. The normalized spacial score (nSPS) is 15.7. The molecule has 0 spiro atoms. The Morgan fingerprint density at radius 2 is 1.09 bits per heavy atom. The molecule has 9 aromatic carbocycles. The van der Waals surface area contributed by atoms with Crippen molar-refractivity contribution in [2.24, 2.45) is 0 Å². The van der Waals surface area contributed by atoms with Gasteiger partial charge in [0, 0.05) is 33.8 Å². The molecule has 0 bridgehead atoms. The standard InChI is InChI=1S/C64H54N2/c1-63(2)56-25-15-16-26-60(56)66-61-36-33-49(46-31-34-54(35-32-46)65(52-21-7-5-8-22-52)53-23-9-6-10-24-53)40-57(61)64(3,4)59-42-51(41-58(63)62(59)66)55(50-30-29-45-18-12-14-20-48(45)39-50)38-43-27-28-44-17-11-13-19-47(44)37-43/h5-9,11-23,25-37,39-42,55H,10,24,38H2,1-4H3. The zero-order chi connectivity index (χ0) is 44.6. The molecule has 1 atom stereocenters. The molecule has 2 aliphatic heterocycles. The molecule has 2 nitrogen and oxygen atoms in total. The summed E-state index contributed by atoms with van der Waals surface area (Å²) in [5.41, 5.74) is 19.0. The van der Waals surface area contributed by atoms with Crippen LogP contribution in [0.3, 0.4) is 0 Å². The van der Waals surface area contributed by atoms with Crippen molar-refractivity contribution in [1.82, 2.24) is 0 Å². The van der Waals surface area contributed by atoms with E-state index in [9.17, 15) is 0 Å². The number of para-hydroxylation sites is 2. The van der Waals surface area contributed by atoms with Gasteiger partial charge in [-0.05, 0) is 139 Å². The first-order chi connectivity index (χ1) is 32.2. The van der Waals surface area contributed by atoms with Crippen LogP contribution < -0.4 is 9.80 Å². The van der Waals surface area contributed by atoms with Crippen molar-refractivity contribution >= 4 is 50.0 Å². The Kier molecular flexibility index (Phi) is 9.50. The summed E-state index contributed by atoms with van der Waals surface area (Å²) in [7, 11) is 0. The fraction of sp³-hybridized carbons (Fsp3) is 0.156. The molecule has 1 aliphatic carbocycles. The van der Waals surface area contributed by atoms with Gasteiger partial charge in [-0.3, -0.25) is 0 Å². The number of hydrogen-bond donors (Lipinski definition) is 0. The van der Waals surface area contributed by atoms with Crippen LogP contribution in [0.25, 0.3) is 32.7 Å². The van der Waals surface area contributed by atoms with Gasteiger partial charge < -0.3 is 9.80 Å². The first-order valence-electron chi connectivity index (χ1n) is 23.7. The van der Waals surface area contributed by atoms with Crippen LogP contribution in [0, 0.1) is 0 Å². The van der Waals surface area contributed by atoms with E-state index in [1.807, 2.05) is 0 Å². The summed E-state index contributed by atoms with van der Waals surface area (Å²) in [5, 5.41) is 5.12.